The van der Waals surface area contributed by atoms with Gasteiger partial charge in [-0.25, -0.2) is 8.42 Å². The Morgan fingerprint density at radius 1 is 1.08 bits per heavy atom. The SMILES string of the molecule is COc1cccc(N(CCCC(=O)N(Cc2cccc(C)c2)[C@H](C)C(=O)NC(C)(C)C)S(C)(=O)=O)c1. The smallest absolute Gasteiger partial charge is 0.242 e. The maximum absolute atomic E-state index is 13.4. The number of rotatable bonds is 11. The first-order chi connectivity index (χ1) is 16.7. The van der Waals surface area contributed by atoms with Crippen LogP contribution in [0, 0.1) is 6.92 Å². The van der Waals surface area contributed by atoms with Gasteiger partial charge in [-0.05, 0) is 58.7 Å². The second kappa shape index (κ2) is 12.3. The summed E-state index contributed by atoms with van der Waals surface area (Å²) in [5, 5.41) is 2.95. The average molecular weight is 518 g/mol. The van der Waals surface area contributed by atoms with Gasteiger partial charge >= 0.3 is 0 Å². The van der Waals surface area contributed by atoms with E-state index < -0.39 is 21.6 Å². The Balaban J connectivity index is 2.20. The minimum absolute atomic E-state index is 0.0922. The van der Waals surface area contributed by atoms with Crippen molar-refractivity contribution in [3.63, 3.8) is 0 Å². The van der Waals surface area contributed by atoms with Crippen molar-refractivity contribution in [3.8, 4) is 5.75 Å². The summed E-state index contributed by atoms with van der Waals surface area (Å²) in [4.78, 5) is 27.8. The molecule has 0 bridgehead atoms. The van der Waals surface area contributed by atoms with Crippen LogP contribution >= 0.6 is 0 Å². The fourth-order valence-electron chi connectivity index (χ4n) is 3.83. The number of amides is 2. The van der Waals surface area contributed by atoms with Crippen molar-refractivity contribution in [2.24, 2.45) is 0 Å². The van der Waals surface area contributed by atoms with Gasteiger partial charge in [0.2, 0.25) is 21.8 Å². The molecule has 1 N–H and O–H groups in total. The minimum atomic E-state index is -3.58. The van der Waals surface area contributed by atoms with Gasteiger partial charge in [-0.3, -0.25) is 13.9 Å². The highest BCUT2D eigenvalue weighted by atomic mass is 32.2. The second-order valence-electron chi connectivity index (χ2n) is 10.1. The number of ether oxygens (including phenoxy) is 1. The molecule has 1 atom stereocenters. The Hall–Kier alpha value is -3.07. The third-order valence-corrected chi connectivity index (χ3v) is 6.79. The molecule has 0 heterocycles. The zero-order chi connectivity index (χ0) is 27.1. The predicted molar refractivity (Wildman–Crippen MR) is 144 cm³/mol. The first-order valence-electron chi connectivity index (χ1n) is 12.0. The molecule has 0 spiro atoms. The Kier molecular flexibility index (Phi) is 9.93. The van der Waals surface area contributed by atoms with E-state index in [1.165, 1.54) is 11.4 Å². The van der Waals surface area contributed by atoms with E-state index in [1.807, 2.05) is 52.0 Å². The van der Waals surface area contributed by atoms with Crippen LogP contribution in [0.25, 0.3) is 0 Å². The second-order valence-corrected chi connectivity index (χ2v) is 12.0. The van der Waals surface area contributed by atoms with Crippen molar-refractivity contribution in [2.75, 3.05) is 24.2 Å². The number of benzene rings is 2. The average Bonchev–Trinajstić information content (AvgIpc) is 2.77. The number of hydrogen-bond acceptors (Lipinski definition) is 5. The van der Waals surface area contributed by atoms with Crippen LogP contribution in [0.15, 0.2) is 48.5 Å². The molecule has 0 saturated carbocycles. The summed E-state index contributed by atoms with van der Waals surface area (Å²) >= 11 is 0. The van der Waals surface area contributed by atoms with Crippen LogP contribution < -0.4 is 14.4 Å². The molecular formula is C27H39N3O5S. The number of sulfonamides is 1. The molecule has 2 amide bonds. The third-order valence-electron chi connectivity index (χ3n) is 5.59. The number of hydrogen-bond donors (Lipinski definition) is 1. The van der Waals surface area contributed by atoms with E-state index in [0.717, 1.165) is 17.4 Å². The molecule has 8 nitrogen and oxygen atoms in total. The number of methoxy groups -OCH3 is 1. The summed E-state index contributed by atoms with van der Waals surface area (Å²) in [5.41, 5.74) is 2.02. The van der Waals surface area contributed by atoms with Gasteiger partial charge in [-0.15, -0.1) is 0 Å². The molecule has 0 aromatic heterocycles. The van der Waals surface area contributed by atoms with Crippen LogP contribution in [0.1, 0.15) is 51.7 Å². The van der Waals surface area contributed by atoms with E-state index in [-0.39, 0.29) is 31.3 Å². The lowest BCUT2D eigenvalue weighted by atomic mass is 10.1. The molecule has 0 aliphatic rings. The fraction of sp³-hybridized carbons (Fsp3) is 0.481. The highest BCUT2D eigenvalue weighted by Crippen LogP contribution is 2.24. The number of aryl methyl sites for hydroxylation is 1. The van der Waals surface area contributed by atoms with Gasteiger partial charge in [0.05, 0.1) is 19.1 Å². The van der Waals surface area contributed by atoms with Crippen molar-refractivity contribution in [1.29, 1.82) is 0 Å². The zero-order valence-electron chi connectivity index (χ0n) is 22.4. The summed E-state index contributed by atoms with van der Waals surface area (Å²) in [6, 6.07) is 13.9. The first kappa shape index (κ1) is 29.2. The van der Waals surface area contributed by atoms with Gasteiger partial charge < -0.3 is 15.0 Å². The lowest BCUT2D eigenvalue weighted by Crippen LogP contribution is -2.52. The fourth-order valence-corrected chi connectivity index (χ4v) is 4.79. The largest absolute Gasteiger partial charge is 0.497 e. The molecule has 36 heavy (non-hydrogen) atoms. The molecule has 2 aromatic rings. The summed E-state index contributed by atoms with van der Waals surface area (Å²) in [6.45, 7) is 9.77. The molecule has 0 radical (unpaired) electrons. The molecule has 0 aliphatic carbocycles. The topological polar surface area (TPSA) is 96.0 Å². The Bertz CT molecular complexity index is 1160. The van der Waals surface area contributed by atoms with Crippen LogP contribution in [0.4, 0.5) is 5.69 Å². The van der Waals surface area contributed by atoms with Gasteiger partial charge in [0, 0.05) is 31.1 Å². The van der Waals surface area contributed by atoms with Crippen molar-refractivity contribution < 1.29 is 22.7 Å². The lowest BCUT2D eigenvalue weighted by molar-refractivity contribution is -0.141. The third kappa shape index (κ3) is 8.86. The Morgan fingerprint density at radius 3 is 2.33 bits per heavy atom. The van der Waals surface area contributed by atoms with E-state index in [0.29, 0.717) is 17.9 Å². The van der Waals surface area contributed by atoms with Gasteiger partial charge in [0.1, 0.15) is 11.8 Å². The molecule has 2 aromatic carbocycles. The Labute approximate surface area is 215 Å². The van der Waals surface area contributed by atoms with E-state index in [4.69, 9.17) is 4.74 Å². The quantitative estimate of drug-likeness (QED) is 0.488. The summed E-state index contributed by atoms with van der Waals surface area (Å²) in [5.74, 6) is 0.0880. The standard InChI is InChI=1S/C27H39N3O5S/c1-20-11-8-12-22(17-20)19-29(21(2)26(32)28-27(3,4)5)25(31)15-10-16-30(36(7,33)34)23-13-9-14-24(18-23)35-6/h8-9,11-14,17-18,21H,10,15-16,19H2,1-7H3,(H,28,32)/t21-/m1/s1. The minimum Gasteiger partial charge on any atom is -0.497 e. The summed E-state index contributed by atoms with van der Waals surface area (Å²) < 4.78 is 31.4. The normalized spacial score (nSPS) is 12.5. The van der Waals surface area contributed by atoms with E-state index in [1.54, 1.807) is 36.1 Å². The van der Waals surface area contributed by atoms with E-state index in [9.17, 15) is 18.0 Å². The molecule has 2 rings (SSSR count). The highest BCUT2D eigenvalue weighted by Gasteiger charge is 2.28. The van der Waals surface area contributed by atoms with Gasteiger partial charge in [0.25, 0.3) is 0 Å². The van der Waals surface area contributed by atoms with Crippen molar-refractivity contribution >= 4 is 27.5 Å². The zero-order valence-corrected chi connectivity index (χ0v) is 23.2. The van der Waals surface area contributed by atoms with E-state index >= 15 is 0 Å². The van der Waals surface area contributed by atoms with Crippen LogP contribution in [-0.4, -0.2) is 56.6 Å². The van der Waals surface area contributed by atoms with Crippen molar-refractivity contribution in [1.82, 2.24) is 10.2 Å². The molecule has 9 heteroatoms. The van der Waals surface area contributed by atoms with Crippen LogP contribution in [0.2, 0.25) is 0 Å². The van der Waals surface area contributed by atoms with Gasteiger partial charge in [0.15, 0.2) is 0 Å². The highest BCUT2D eigenvalue weighted by molar-refractivity contribution is 7.92. The molecule has 0 fully saturated rings. The molecular weight excluding hydrogens is 478 g/mol. The predicted octanol–water partition coefficient (Wildman–Crippen LogP) is 3.88. The number of nitrogens with zero attached hydrogens (tertiary/aromatic N) is 2. The maximum atomic E-state index is 13.4. The number of carbonyl (C=O) groups is 2. The van der Waals surface area contributed by atoms with Gasteiger partial charge in [-0.1, -0.05) is 35.9 Å². The lowest BCUT2D eigenvalue weighted by Gasteiger charge is -2.32. The van der Waals surface area contributed by atoms with Gasteiger partial charge in [-0.2, -0.15) is 0 Å². The molecule has 198 valence electrons. The van der Waals surface area contributed by atoms with Crippen molar-refractivity contribution in [2.45, 2.75) is 65.6 Å². The van der Waals surface area contributed by atoms with Crippen LogP contribution in [0.3, 0.4) is 0 Å². The first-order valence-corrected chi connectivity index (χ1v) is 13.8. The maximum Gasteiger partial charge on any atom is 0.242 e. The summed E-state index contributed by atoms with van der Waals surface area (Å²) in [7, 11) is -2.06. The van der Waals surface area contributed by atoms with Crippen LogP contribution in [-0.2, 0) is 26.2 Å². The number of nitrogens with one attached hydrogen (secondary N) is 1. The van der Waals surface area contributed by atoms with E-state index in [2.05, 4.69) is 5.32 Å². The Morgan fingerprint density at radius 2 is 1.75 bits per heavy atom. The van der Waals surface area contributed by atoms with Crippen LogP contribution in [0.5, 0.6) is 5.75 Å². The van der Waals surface area contributed by atoms with Crippen molar-refractivity contribution in [3.05, 3.63) is 59.7 Å². The molecule has 0 saturated heterocycles. The number of carbonyl (C=O) groups excluding carboxylic acids is 2. The summed E-state index contributed by atoms with van der Waals surface area (Å²) in [6.07, 6.45) is 1.52. The number of anilines is 1. The molecule has 0 aliphatic heterocycles. The monoisotopic (exact) mass is 517 g/mol. The molecule has 0 unspecified atom stereocenters.